The molecule has 4 rings (SSSR count). The molecule has 0 fully saturated rings. The molecule has 1 aromatic carbocycles. The molecular weight excluding hydrogens is 347 g/mol. The Morgan fingerprint density at radius 1 is 1.30 bits per heavy atom. The Morgan fingerprint density at radius 2 is 2.11 bits per heavy atom. The number of benzene rings is 1. The van der Waals surface area contributed by atoms with Crippen molar-refractivity contribution in [3.8, 4) is 16.9 Å². The Morgan fingerprint density at radius 3 is 2.89 bits per heavy atom. The van der Waals surface area contributed by atoms with Crippen molar-refractivity contribution in [2.75, 3.05) is 6.54 Å². The van der Waals surface area contributed by atoms with Crippen LogP contribution in [0.15, 0.2) is 49.1 Å². The minimum Gasteiger partial charge on any atom is -0.487 e. The van der Waals surface area contributed by atoms with Gasteiger partial charge >= 0.3 is 0 Å². The van der Waals surface area contributed by atoms with Crippen LogP contribution < -0.4 is 10.1 Å². The molecule has 1 unspecified atom stereocenters. The summed E-state index contributed by atoms with van der Waals surface area (Å²) >= 11 is 0. The van der Waals surface area contributed by atoms with Crippen molar-refractivity contribution in [1.29, 1.82) is 0 Å². The maximum absolute atomic E-state index is 14.0. The van der Waals surface area contributed by atoms with Crippen molar-refractivity contribution in [1.82, 2.24) is 20.3 Å². The third-order valence-corrected chi connectivity index (χ3v) is 4.35. The number of carbonyl (C=O) groups is 1. The summed E-state index contributed by atoms with van der Waals surface area (Å²) in [6, 6.07) is 8.16. The number of carbonyl (C=O) groups excluding carboxylic acids is 1. The van der Waals surface area contributed by atoms with Gasteiger partial charge in [-0.2, -0.15) is 0 Å². The van der Waals surface area contributed by atoms with Crippen molar-refractivity contribution in [2.24, 2.45) is 0 Å². The lowest BCUT2D eigenvalue weighted by Gasteiger charge is -2.13. The lowest BCUT2D eigenvalue weighted by Crippen LogP contribution is -2.34. The molecule has 1 amide bonds. The van der Waals surface area contributed by atoms with E-state index in [9.17, 15) is 9.18 Å². The van der Waals surface area contributed by atoms with Crippen LogP contribution in [0.25, 0.3) is 11.1 Å². The maximum Gasteiger partial charge on any atom is 0.270 e. The first-order chi connectivity index (χ1) is 13.1. The molecular formula is C20H17FN4O2. The molecule has 1 atom stereocenters. The van der Waals surface area contributed by atoms with Crippen LogP contribution in [0.5, 0.6) is 5.75 Å². The maximum atomic E-state index is 14.0. The van der Waals surface area contributed by atoms with Crippen LogP contribution in [0.4, 0.5) is 4.39 Å². The van der Waals surface area contributed by atoms with Gasteiger partial charge in [-0.1, -0.05) is 6.07 Å². The molecule has 6 nitrogen and oxygen atoms in total. The molecule has 3 aromatic rings. The molecule has 0 bridgehead atoms. The first-order valence-corrected chi connectivity index (χ1v) is 8.56. The van der Waals surface area contributed by atoms with Crippen LogP contribution in [0, 0.1) is 12.7 Å². The van der Waals surface area contributed by atoms with E-state index in [-0.39, 0.29) is 17.8 Å². The highest BCUT2D eigenvalue weighted by Gasteiger charge is 2.27. The van der Waals surface area contributed by atoms with Gasteiger partial charge in [0.2, 0.25) is 0 Å². The molecule has 7 heteroatoms. The number of ether oxygens (including phenoxy) is 1. The van der Waals surface area contributed by atoms with E-state index in [1.54, 1.807) is 24.5 Å². The SMILES string of the molecule is Cc1cccc(C(=O)NCC2Cc3cc(F)cc(-c4cncnc4)c3O2)n1. The Balaban J connectivity index is 1.49. The fourth-order valence-corrected chi connectivity index (χ4v) is 3.13. The number of nitrogens with one attached hydrogen (secondary N) is 1. The Bertz CT molecular complexity index is 995. The van der Waals surface area contributed by atoms with Gasteiger partial charge in [0, 0.05) is 41.2 Å². The monoisotopic (exact) mass is 364 g/mol. The van der Waals surface area contributed by atoms with E-state index in [0.29, 0.717) is 35.5 Å². The standard InChI is InChI=1S/C20H17FN4O2/c1-12-3-2-4-18(25-12)20(26)24-10-16-6-13-5-15(21)7-17(19(13)27-16)14-8-22-11-23-9-14/h2-5,7-9,11,16H,6,10H2,1H3,(H,24,26). The van der Waals surface area contributed by atoms with Crippen LogP contribution in [-0.2, 0) is 6.42 Å². The summed E-state index contributed by atoms with van der Waals surface area (Å²) in [4.78, 5) is 24.4. The minimum absolute atomic E-state index is 0.263. The van der Waals surface area contributed by atoms with Gasteiger partial charge in [0.05, 0.1) is 6.54 Å². The second-order valence-electron chi connectivity index (χ2n) is 6.39. The summed E-state index contributed by atoms with van der Waals surface area (Å²) in [5.41, 5.74) is 3.19. The molecule has 0 saturated heterocycles. The number of pyridine rings is 1. The second kappa shape index (κ2) is 7.11. The van der Waals surface area contributed by atoms with Crippen LogP contribution in [0.2, 0.25) is 0 Å². The largest absolute Gasteiger partial charge is 0.487 e. The molecule has 0 saturated carbocycles. The molecule has 1 N–H and O–H groups in total. The Labute approximate surface area is 155 Å². The van der Waals surface area contributed by atoms with Crippen LogP contribution in [0.1, 0.15) is 21.7 Å². The smallest absolute Gasteiger partial charge is 0.270 e. The minimum atomic E-state index is -0.343. The molecule has 136 valence electrons. The van der Waals surface area contributed by atoms with Crippen molar-refractivity contribution < 1.29 is 13.9 Å². The molecule has 3 heterocycles. The molecule has 0 radical (unpaired) electrons. The predicted molar refractivity (Wildman–Crippen MR) is 96.9 cm³/mol. The van der Waals surface area contributed by atoms with Crippen molar-refractivity contribution in [3.05, 3.63) is 71.8 Å². The van der Waals surface area contributed by atoms with Crippen LogP contribution in [-0.4, -0.2) is 33.5 Å². The van der Waals surface area contributed by atoms with Gasteiger partial charge in [-0.25, -0.2) is 19.3 Å². The summed E-state index contributed by atoms with van der Waals surface area (Å²) < 4.78 is 20.0. The second-order valence-corrected chi connectivity index (χ2v) is 6.39. The number of hydrogen-bond donors (Lipinski definition) is 1. The lowest BCUT2D eigenvalue weighted by molar-refractivity contribution is 0.0928. The number of rotatable bonds is 4. The van der Waals surface area contributed by atoms with E-state index in [1.807, 2.05) is 13.0 Å². The Hall–Kier alpha value is -3.35. The van der Waals surface area contributed by atoms with E-state index in [1.165, 1.54) is 18.5 Å². The molecule has 0 spiro atoms. The topological polar surface area (TPSA) is 77.0 Å². The number of nitrogens with zero attached hydrogens (tertiary/aromatic N) is 3. The summed E-state index contributed by atoms with van der Waals surface area (Å²) in [5, 5.41) is 2.83. The van der Waals surface area contributed by atoms with E-state index in [2.05, 4.69) is 20.3 Å². The van der Waals surface area contributed by atoms with Crippen LogP contribution >= 0.6 is 0 Å². The fraction of sp³-hybridized carbons (Fsp3) is 0.200. The number of aryl methyl sites for hydroxylation is 1. The van der Waals surface area contributed by atoms with Gasteiger partial charge in [-0.15, -0.1) is 0 Å². The number of aromatic nitrogens is 3. The quantitative estimate of drug-likeness (QED) is 0.770. The molecule has 27 heavy (non-hydrogen) atoms. The summed E-state index contributed by atoms with van der Waals surface area (Å²) in [7, 11) is 0. The van der Waals surface area contributed by atoms with Crippen molar-refractivity contribution in [3.63, 3.8) is 0 Å². The zero-order valence-corrected chi connectivity index (χ0v) is 14.6. The molecule has 1 aliphatic heterocycles. The first kappa shape index (κ1) is 17.1. The summed E-state index contributed by atoms with van der Waals surface area (Å²) in [5.74, 6) is 0.00472. The number of amides is 1. The first-order valence-electron chi connectivity index (χ1n) is 8.56. The van der Waals surface area contributed by atoms with E-state index in [0.717, 1.165) is 11.3 Å². The predicted octanol–water partition coefficient (Wildman–Crippen LogP) is 2.72. The van der Waals surface area contributed by atoms with Crippen LogP contribution in [0.3, 0.4) is 0 Å². The van der Waals surface area contributed by atoms with Crippen molar-refractivity contribution in [2.45, 2.75) is 19.4 Å². The number of halogens is 1. The molecule has 2 aromatic heterocycles. The van der Waals surface area contributed by atoms with E-state index < -0.39 is 0 Å². The van der Waals surface area contributed by atoms with Gasteiger partial charge in [-0.3, -0.25) is 4.79 Å². The Kier molecular flexibility index (Phi) is 4.50. The van der Waals surface area contributed by atoms with Gasteiger partial charge in [-0.05, 0) is 31.2 Å². The number of fused-ring (bicyclic) bond motifs is 1. The molecule has 1 aliphatic rings. The highest BCUT2D eigenvalue weighted by molar-refractivity contribution is 5.92. The number of hydrogen-bond acceptors (Lipinski definition) is 5. The van der Waals surface area contributed by atoms with Crippen molar-refractivity contribution >= 4 is 5.91 Å². The van der Waals surface area contributed by atoms with E-state index in [4.69, 9.17) is 4.74 Å². The summed E-state index contributed by atoms with van der Waals surface area (Å²) in [6.45, 7) is 2.13. The normalized spacial score (nSPS) is 15.1. The fourth-order valence-electron chi connectivity index (χ4n) is 3.13. The lowest BCUT2D eigenvalue weighted by atomic mass is 10.0. The third kappa shape index (κ3) is 3.62. The molecule has 0 aliphatic carbocycles. The zero-order valence-electron chi connectivity index (χ0n) is 14.6. The highest BCUT2D eigenvalue weighted by Crippen LogP contribution is 2.39. The van der Waals surface area contributed by atoms with Gasteiger partial charge < -0.3 is 10.1 Å². The average molecular weight is 364 g/mol. The van der Waals surface area contributed by atoms with Gasteiger partial charge in [0.25, 0.3) is 5.91 Å². The van der Waals surface area contributed by atoms with Gasteiger partial charge in [0.1, 0.15) is 29.7 Å². The summed E-state index contributed by atoms with van der Waals surface area (Å²) in [6.07, 6.45) is 4.88. The van der Waals surface area contributed by atoms with Gasteiger partial charge in [0.15, 0.2) is 0 Å². The zero-order chi connectivity index (χ0) is 18.8. The third-order valence-electron chi connectivity index (χ3n) is 4.35. The highest BCUT2D eigenvalue weighted by atomic mass is 19.1. The van der Waals surface area contributed by atoms with E-state index >= 15 is 0 Å². The average Bonchev–Trinajstić information content (AvgIpc) is 3.09.